The molecular weight excluding hydrogens is 255 g/mol. The quantitative estimate of drug-likeness (QED) is 0.848. The second-order valence-corrected chi connectivity index (χ2v) is 6.52. The monoisotopic (exact) mass is 278 g/mol. The highest BCUT2D eigenvalue weighted by atomic mass is 16.7. The Morgan fingerprint density at radius 1 is 1.40 bits per heavy atom. The van der Waals surface area contributed by atoms with Crippen LogP contribution in [-0.4, -0.2) is 38.1 Å². The van der Waals surface area contributed by atoms with E-state index in [1.54, 1.807) is 7.11 Å². The van der Waals surface area contributed by atoms with Crippen LogP contribution in [-0.2, 0) is 14.7 Å². The molecular formula is C15H23BO4. The van der Waals surface area contributed by atoms with Crippen molar-refractivity contribution in [3.05, 3.63) is 23.8 Å². The van der Waals surface area contributed by atoms with Gasteiger partial charge in [-0.3, -0.25) is 0 Å². The molecule has 1 aliphatic heterocycles. The minimum atomic E-state index is -0.356. The number of ether oxygens (including phenoxy) is 1. The Kier molecular flexibility index (Phi) is 4.14. The maximum Gasteiger partial charge on any atom is 0.494 e. The van der Waals surface area contributed by atoms with E-state index in [1.165, 1.54) is 0 Å². The van der Waals surface area contributed by atoms with Crippen molar-refractivity contribution in [2.75, 3.05) is 20.3 Å². The Balaban J connectivity index is 2.31. The fourth-order valence-corrected chi connectivity index (χ4v) is 2.30. The third-order valence-electron chi connectivity index (χ3n) is 3.63. The molecule has 1 aliphatic rings. The standard InChI is InChI=1S/C15H23BO4/c1-14(2,9-17)12-7-6-11(8-13(12)18-5)16-19-10-15(3,4)20-16/h6-8,17H,9-10H2,1-5H3. The second kappa shape index (κ2) is 5.39. The zero-order chi connectivity index (χ0) is 15.0. The van der Waals surface area contributed by atoms with Crippen LogP contribution in [0.5, 0.6) is 5.75 Å². The van der Waals surface area contributed by atoms with Crippen molar-refractivity contribution in [1.29, 1.82) is 0 Å². The highest BCUT2D eigenvalue weighted by molar-refractivity contribution is 6.62. The van der Waals surface area contributed by atoms with Gasteiger partial charge in [0.1, 0.15) is 5.75 Å². The Labute approximate surface area is 121 Å². The molecule has 2 rings (SSSR count). The van der Waals surface area contributed by atoms with Gasteiger partial charge < -0.3 is 19.2 Å². The van der Waals surface area contributed by atoms with E-state index in [1.807, 2.05) is 45.9 Å². The third kappa shape index (κ3) is 3.00. The van der Waals surface area contributed by atoms with Gasteiger partial charge in [0.15, 0.2) is 0 Å². The molecule has 0 radical (unpaired) electrons. The van der Waals surface area contributed by atoms with Gasteiger partial charge in [-0.1, -0.05) is 26.0 Å². The predicted molar refractivity (Wildman–Crippen MR) is 79.6 cm³/mol. The van der Waals surface area contributed by atoms with E-state index in [2.05, 4.69) is 0 Å². The molecule has 0 atom stereocenters. The highest BCUT2D eigenvalue weighted by Crippen LogP contribution is 2.31. The van der Waals surface area contributed by atoms with E-state index < -0.39 is 0 Å². The number of aliphatic hydroxyl groups is 1. The van der Waals surface area contributed by atoms with Gasteiger partial charge in [0, 0.05) is 11.0 Å². The predicted octanol–water partition coefficient (Wildman–Crippen LogP) is 1.49. The van der Waals surface area contributed by atoms with Gasteiger partial charge in [-0.15, -0.1) is 0 Å². The van der Waals surface area contributed by atoms with Gasteiger partial charge in [0.25, 0.3) is 0 Å². The molecule has 5 heteroatoms. The van der Waals surface area contributed by atoms with Crippen molar-refractivity contribution in [3.63, 3.8) is 0 Å². The van der Waals surface area contributed by atoms with Crippen LogP contribution in [0.2, 0.25) is 0 Å². The fourth-order valence-electron chi connectivity index (χ4n) is 2.30. The third-order valence-corrected chi connectivity index (χ3v) is 3.63. The van der Waals surface area contributed by atoms with Crippen LogP contribution in [0.3, 0.4) is 0 Å². The first-order valence-corrected chi connectivity index (χ1v) is 6.88. The summed E-state index contributed by atoms with van der Waals surface area (Å²) in [5.41, 5.74) is 1.30. The first kappa shape index (κ1) is 15.4. The molecule has 1 aromatic rings. The number of aliphatic hydroxyl groups excluding tert-OH is 1. The van der Waals surface area contributed by atoms with Crippen molar-refractivity contribution in [2.45, 2.75) is 38.7 Å². The lowest BCUT2D eigenvalue weighted by Gasteiger charge is -2.25. The van der Waals surface area contributed by atoms with Gasteiger partial charge in [0.2, 0.25) is 0 Å². The maximum absolute atomic E-state index is 9.51. The average Bonchev–Trinajstić information content (AvgIpc) is 2.78. The number of hydrogen-bond acceptors (Lipinski definition) is 4. The summed E-state index contributed by atoms with van der Waals surface area (Å²) in [4.78, 5) is 0. The lowest BCUT2D eigenvalue weighted by molar-refractivity contribution is 0.137. The first-order chi connectivity index (χ1) is 9.29. The fraction of sp³-hybridized carbons (Fsp3) is 0.600. The minimum Gasteiger partial charge on any atom is -0.496 e. The van der Waals surface area contributed by atoms with E-state index in [0.717, 1.165) is 16.8 Å². The van der Waals surface area contributed by atoms with E-state index in [0.29, 0.717) is 6.61 Å². The summed E-state index contributed by atoms with van der Waals surface area (Å²) in [7, 11) is 1.28. The molecule has 0 spiro atoms. The second-order valence-electron chi connectivity index (χ2n) is 6.52. The Hall–Kier alpha value is -1.04. The van der Waals surface area contributed by atoms with E-state index in [-0.39, 0.29) is 24.7 Å². The Morgan fingerprint density at radius 2 is 2.10 bits per heavy atom. The summed E-state index contributed by atoms with van der Waals surface area (Å²) in [6.07, 6.45) is 0. The van der Waals surface area contributed by atoms with Crippen LogP contribution in [0.4, 0.5) is 0 Å². The number of methoxy groups -OCH3 is 1. The van der Waals surface area contributed by atoms with Crippen LogP contribution in [0.25, 0.3) is 0 Å². The van der Waals surface area contributed by atoms with E-state index in [4.69, 9.17) is 14.0 Å². The number of hydrogen-bond donors (Lipinski definition) is 1. The van der Waals surface area contributed by atoms with Crippen molar-refractivity contribution in [2.24, 2.45) is 0 Å². The first-order valence-electron chi connectivity index (χ1n) is 6.88. The minimum absolute atomic E-state index is 0.0617. The molecule has 20 heavy (non-hydrogen) atoms. The molecule has 1 saturated heterocycles. The largest absolute Gasteiger partial charge is 0.496 e. The lowest BCUT2D eigenvalue weighted by atomic mass is 9.76. The summed E-state index contributed by atoms with van der Waals surface area (Å²) >= 11 is 0. The molecule has 0 bridgehead atoms. The zero-order valence-electron chi connectivity index (χ0n) is 12.9. The molecule has 0 aromatic heterocycles. The van der Waals surface area contributed by atoms with Gasteiger partial charge in [0.05, 0.1) is 25.9 Å². The normalized spacial score (nSPS) is 18.4. The Morgan fingerprint density at radius 3 is 2.60 bits per heavy atom. The molecule has 1 fully saturated rings. The average molecular weight is 278 g/mol. The SMILES string of the molecule is COc1cc(B2OCC(C)(C)O2)ccc1C(C)(C)CO. The summed E-state index contributed by atoms with van der Waals surface area (Å²) in [5.74, 6) is 0.749. The highest BCUT2D eigenvalue weighted by Gasteiger charge is 2.38. The molecule has 0 saturated carbocycles. The van der Waals surface area contributed by atoms with Crippen molar-refractivity contribution in [3.8, 4) is 5.75 Å². The van der Waals surface area contributed by atoms with Crippen LogP contribution in [0, 0.1) is 0 Å². The van der Waals surface area contributed by atoms with Crippen LogP contribution < -0.4 is 10.2 Å². The molecule has 4 nitrogen and oxygen atoms in total. The van der Waals surface area contributed by atoms with Crippen molar-refractivity contribution in [1.82, 2.24) is 0 Å². The van der Waals surface area contributed by atoms with Gasteiger partial charge >= 0.3 is 7.12 Å². The molecule has 1 N–H and O–H groups in total. The van der Waals surface area contributed by atoms with E-state index in [9.17, 15) is 5.11 Å². The molecule has 1 heterocycles. The smallest absolute Gasteiger partial charge is 0.494 e. The molecule has 0 unspecified atom stereocenters. The molecule has 0 aliphatic carbocycles. The van der Waals surface area contributed by atoms with Crippen LogP contribution in [0.1, 0.15) is 33.3 Å². The molecule has 0 amide bonds. The lowest BCUT2D eigenvalue weighted by Crippen LogP contribution is -2.35. The summed E-state index contributed by atoms with van der Waals surface area (Å²) in [6.45, 7) is 8.61. The van der Waals surface area contributed by atoms with Crippen molar-refractivity contribution >= 4 is 12.6 Å². The van der Waals surface area contributed by atoms with Gasteiger partial charge in [-0.25, -0.2) is 0 Å². The number of benzene rings is 1. The molecule has 1 aromatic carbocycles. The van der Waals surface area contributed by atoms with Crippen LogP contribution >= 0.6 is 0 Å². The summed E-state index contributed by atoms with van der Waals surface area (Å²) in [6, 6.07) is 5.88. The summed E-state index contributed by atoms with van der Waals surface area (Å²) < 4.78 is 17.0. The van der Waals surface area contributed by atoms with E-state index >= 15 is 0 Å². The Bertz CT molecular complexity index is 485. The topological polar surface area (TPSA) is 47.9 Å². The maximum atomic E-state index is 9.51. The zero-order valence-corrected chi connectivity index (χ0v) is 12.9. The number of rotatable bonds is 4. The van der Waals surface area contributed by atoms with Gasteiger partial charge in [-0.05, 0) is 25.4 Å². The van der Waals surface area contributed by atoms with Crippen LogP contribution in [0.15, 0.2) is 18.2 Å². The van der Waals surface area contributed by atoms with Crippen molar-refractivity contribution < 1.29 is 19.2 Å². The summed E-state index contributed by atoms with van der Waals surface area (Å²) in [5, 5.41) is 9.51. The van der Waals surface area contributed by atoms with Gasteiger partial charge in [-0.2, -0.15) is 0 Å². The molecule has 110 valence electrons.